The Kier molecular flexibility index (Phi) is 7.02. The number of carbonyl (C=O) groups is 2. The number of hydrogen-bond acceptors (Lipinski definition) is 3. The molecule has 33 heavy (non-hydrogen) atoms. The highest BCUT2D eigenvalue weighted by Crippen LogP contribution is 2.35. The van der Waals surface area contributed by atoms with Gasteiger partial charge in [0.05, 0.1) is 18.8 Å². The van der Waals surface area contributed by atoms with Crippen LogP contribution in [0.3, 0.4) is 0 Å². The number of amides is 2. The van der Waals surface area contributed by atoms with Gasteiger partial charge < -0.3 is 14.5 Å². The highest BCUT2D eigenvalue weighted by Gasteiger charge is 2.35. The van der Waals surface area contributed by atoms with Gasteiger partial charge in [0.25, 0.3) is 0 Å². The number of Topliss-reactive ketones (excluding diaryl/α,β-unsaturated/α-hetero) is 1. The molecule has 176 valence electrons. The van der Waals surface area contributed by atoms with Gasteiger partial charge in [0.1, 0.15) is 0 Å². The van der Waals surface area contributed by atoms with E-state index in [4.69, 9.17) is 4.74 Å². The SMILES string of the molecule is O=C(CC1CC(c2ccc(C(F)(F)F)cc2)CN(C(=O)N2CCOCC2)C1)c1ccccc1. The van der Waals surface area contributed by atoms with Gasteiger partial charge >= 0.3 is 12.2 Å². The van der Waals surface area contributed by atoms with Crippen LogP contribution in [0.4, 0.5) is 18.0 Å². The Hall–Kier alpha value is -2.87. The van der Waals surface area contributed by atoms with Gasteiger partial charge in [-0.15, -0.1) is 0 Å². The van der Waals surface area contributed by atoms with E-state index in [1.165, 1.54) is 12.1 Å². The van der Waals surface area contributed by atoms with Crippen molar-refractivity contribution in [2.24, 2.45) is 5.92 Å². The molecule has 8 heteroatoms. The number of hydrogen-bond donors (Lipinski definition) is 0. The van der Waals surface area contributed by atoms with Crippen LogP contribution in [0.5, 0.6) is 0 Å². The van der Waals surface area contributed by atoms with Crippen molar-refractivity contribution in [3.63, 3.8) is 0 Å². The van der Waals surface area contributed by atoms with E-state index < -0.39 is 11.7 Å². The number of morpholine rings is 1. The normalized spacial score (nSPS) is 21.7. The minimum atomic E-state index is -4.39. The zero-order valence-corrected chi connectivity index (χ0v) is 18.3. The van der Waals surface area contributed by atoms with Crippen molar-refractivity contribution in [1.29, 1.82) is 0 Å². The average molecular weight is 460 g/mol. The molecule has 4 rings (SSSR count). The fraction of sp³-hybridized carbons (Fsp3) is 0.440. The van der Waals surface area contributed by atoms with Crippen LogP contribution in [-0.2, 0) is 10.9 Å². The molecule has 0 aliphatic carbocycles. The van der Waals surface area contributed by atoms with Gasteiger partial charge in [-0.1, -0.05) is 42.5 Å². The minimum absolute atomic E-state index is 0.00689. The zero-order chi connectivity index (χ0) is 23.4. The van der Waals surface area contributed by atoms with Gasteiger partial charge in [-0.25, -0.2) is 4.79 Å². The van der Waals surface area contributed by atoms with E-state index in [9.17, 15) is 22.8 Å². The van der Waals surface area contributed by atoms with E-state index in [-0.39, 0.29) is 30.1 Å². The van der Waals surface area contributed by atoms with Crippen molar-refractivity contribution in [2.75, 3.05) is 39.4 Å². The summed E-state index contributed by atoms with van der Waals surface area (Å²) in [7, 11) is 0. The number of ether oxygens (including phenoxy) is 1. The molecule has 2 saturated heterocycles. The Morgan fingerprint density at radius 2 is 1.58 bits per heavy atom. The first-order chi connectivity index (χ1) is 15.8. The molecule has 2 aliphatic heterocycles. The Bertz CT molecular complexity index is 957. The van der Waals surface area contributed by atoms with Gasteiger partial charge in [0.2, 0.25) is 0 Å². The number of rotatable bonds is 4. The average Bonchev–Trinajstić information content (AvgIpc) is 2.84. The third-order valence-corrected chi connectivity index (χ3v) is 6.37. The highest BCUT2D eigenvalue weighted by atomic mass is 19.4. The zero-order valence-electron chi connectivity index (χ0n) is 18.3. The lowest BCUT2D eigenvalue weighted by atomic mass is 9.81. The summed E-state index contributed by atoms with van der Waals surface area (Å²) in [4.78, 5) is 29.5. The summed E-state index contributed by atoms with van der Waals surface area (Å²) >= 11 is 0. The summed E-state index contributed by atoms with van der Waals surface area (Å²) in [6.45, 7) is 2.85. The number of halogens is 3. The maximum absolute atomic E-state index is 13.2. The maximum Gasteiger partial charge on any atom is 0.416 e. The van der Waals surface area contributed by atoms with Crippen molar-refractivity contribution in [3.8, 4) is 0 Å². The van der Waals surface area contributed by atoms with Gasteiger partial charge in [-0.2, -0.15) is 13.2 Å². The third-order valence-electron chi connectivity index (χ3n) is 6.37. The van der Waals surface area contributed by atoms with E-state index in [2.05, 4.69) is 0 Å². The van der Waals surface area contributed by atoms with Crippen molar-refractivity contribution >= 4 is 11.8 Å². The number of urea groups is 1. The molecule has 0 aromatic heterocycles. The van der Waals surface area contributed by atoms with Crippen LogP contribution in [0, 0.1) is 5.92 Å². The third kappa shape index (κ3) is 5.74. The van der Waals surface area contributed by atoms with E-state index >= 15 is 0 Å². The van der Waals surface area contributed by atoms with Crippen molar-refractivity contribution in [3.05, 3.63) is 71.3 Å². The van der Waals surface area contributed by atoms with Crippen molar-refractivity contribution in [2.45, 2.75) is 24.9 Å². The maximum atomic E-state index is 13.2. The molecule has 0 saturated carbocycles. The summed E-state index contributed by atoms with van der Waals surface area (Å²) in [6, 6.07) is 14.1. The van der Waals surface area contributed by atoms with Gasteiger partial charge in [0.15, 0.2) is 5.78 Å². The molecule has 0 radical (unpaired) electrons. The van der Waals surface area contributed by atoms with Crippen LogP contribution in [0.25, 0.3) is 0 Å². The smallest absolute Gasteiger partial charge is 0.378 e. The standard InChI is InChI=1S/C25H27F3N2O3/c26-25(27,28)22-8-6-19(7-9-22)21-14-18(15-23(31)20-4-2-1-3-5-20)16-30(17-21)24(32)29-10-12-33-13-11-29/h1-9,18,21H,10-17H2. The molecule has 2 unspecified atom stereocenters. The van der Waals surface area contributed by atoms with E-state index in [1.807, 2.05) is 18.2 Å². The van der Waals surface area contributed by atoms with Gasteiger partial charge in [-0.05, 0) is 30.0 Å². The first-order valence-corrected chi connectivity index (χ1v) is 11.2. The van der Waals surface area contributed by atoms with Crippen LogP contribution < -0.4 is 0 Å². The number of piperidine rings is 1. The van der Waals surface area contributed by atoms with Gasteiger partial charge in [0, 0.05) is 44.1 Å². The lowest BCUT2D eigenvalue weighted by Crippen LogP contribution is -2.52. The van der Waals surface area contributed by atoms with Crippen LogP contribution in [-0.4, -0.2) is 61.0 Å². The quantitative estimate of drug-likeness (QED) is 0.614. The topological polar surface area (TPSA) is 49.9 Å². The molecule has 2 amide bonds. The summed E-state index contributed by atoms with van der Waals surface area (Å²) in [5.41, 5.74) is 0.680. The first-order valence-electron chi connectivity index (χ1n) is 11.2. The van der Waals surface area contributed by atoms with E-state index in [1.54, 1.807) is 21.9 Å². The lowest BCUT2D eigenvalue weighted by molar-refractivity contribution is -0.137. The number of carbonyl (C=O) groups excluding carboxylic acids is 2. The molecular formula is C25H27F3N2O3. The fourth-order valence-corrected chi connectivity index (χ4v) is 4.65. The van der Waals surface area contributed by atoms with E-state index in [0.29, 0.717) is 51.4 Å². The van der Waals surface area contributed by atoms with Crippen LogP contribution in [0.1, 0.15) is 40.2 Å². The van der Waals surface area contributed by atoms with Crippen LogP contribution in [0.15, 0.2) is 54.6 Å². The fourth-order valence-electron chi connectivity index (χ4n) is 4.65. The predicted molar refractivity (Wildman–Crippen MR) is 117 cm³/mol. The number of ketones is 1. The minimum Gasteiger partial charge on any atom is -0.378 e. The molecule has 0 bridgehead atoms. The van der Waals surface area contributed by atoms with Crippen LogP contribution in [0.2, 0.25) is 0 Å². The monoisotopic (exact) mass is 460 g/mol. The summed E-state index contributed by atoms with van der Waals surface area (Å²) in [5, 5.41) is 0. The van der Waals surface area contributed by atoms with Gasteiger partial charge in [-0.3, -0.25) is 4.79 Å². The Labute approximate surface area is 191 Å². The summed E-state index contributed by atoms with van der Waals surface area (Å²) in [6.07, 6.45) is -3.47. The molecule has 2 aliphatic rings. The molecule has 2 aromatic rings. The second-order valence-electron chi connectivity index (χ2n) is 8.70. The molecule has 2 heterocycles. The Morgan fingerprint density at radius 3 is 2.21 bits per heavy atom. The predicted octanol–water partition coefficient (Wildman–Crippen LogP) is 4.84. The summed E-state index contributed by atoms with van der Waals surface area (Å²) in [5.74, 6) is -0.212. The Balaban J connectivity index is 1.53. The number of nitrogens with zero attached hydrogens (tertiary/aromatic N) is 2. The molecule has 2 aromatic carbocycles. The number of likely N-dealkylation sites (tertiary alicyclic amines) is 1. The Morgan fingerprint density at radius 1 is 0.909 bits per heavy atom. The first kappa shape index (κ1) is 23.3. The summed E-state index contributed by atoms with van der Waals surface area (Å²) < 4.78 is 44.3. The number of benzene rings is 2. The van der Waals surface area contributed by atoms with Crippen LogP contribution >= 0.6 is 0 Å². The molecule has 2 fully saturated rings. The highest BCUT2D eigenvalue weighted by molar-refractivity contribution is 5.96. The molecule has 0 N–H and O–H groups in total. The second-order valence-corrected chi connectivity index (χ2v) is 8.70. The molecule has 5 nitrogen and oxygen atoms in total. The lowest BCUT2D eigenvalue weighted by Gasteiger charge is -2.41. The molecule has 0 spiro atoms. The van der Waals surface area contributed by atoms with Crippen molar-refractivity contribution in [1.82, 2.24) is 9.80 Å². The van der Waals surface area contributed by atoms with Crippen molar-refractivity contribution < 1.29 is 27.5 Å². The molecular weight excluding hydrogens is 433 g/mol. The second kappa shape index (κ2) is 9.95. The van der Waals surface area contributed by atoms with E-state index in [0.717, 1.165) is 17.7 Å². The largest absolute Gasteiger partial charge is 0.416 e. The number of alkyl halides is 3. The molecule has 2 atom stereocenters.